The molecular weight excluding hydrogens is 282 g/mol. The molecule has 2 aliphatic rings. The molecule has 3 amide bonds. The second kappa shape index (κ2) is 5.90. The largest absolute Gasteiger partial charge is 0.480 e. The number of hydrogen-bond acceptors (Lipinski definition) is 4. The van der Waals surface area contributed by atoms with Crippen molar-refractivity contribution in [3.63, 3.8) is 0 Å². The molecule has 3 N–H and O–H groups in total. The number of hydrogen-bond donors (Lipinski definition) is 2. The van der Waals surface area contributed by atoms with Gasteiger partial charge < -0.3 is 15.7 Å². The van der Waals surface area contributed by atoms with Gasteiger partial charge in [0.2, 0.25) is 5.91 Å². The fraction of sp³-hybridized carbons (Fsp3) is 0.750. The van der Waals surface area contributed by atoms with E-state index in [1.165, 1.54) is 16.7 Å². The third-order valence-corrected chi connectivity index (χ3v) is 5.11. The van der Waals surface area contributed by atoms with E-state index in [0.717, 1.165) is 0 Å². The van der Waals surface area contributed by atoms with Crippen molar-refractivity contribution in [3.05, 3.63) is 0 Å². The Labute approximate surface area is 121 Å². The lowest BCUT2D eigenvalue weighted by molar-refractivity contribution is -0.141. The van der Waals surface area contributed by atoms with E-state index in [9.17, 15) is 19.5 Å². The van der Waals surface area contributed by atoms with E-state index in [-0.39, 0.29) is 23.2 Å². The van der Waals surface area contributed by atoms with Gasteiger partial charge in [-0.15, -0.1) is 11.8 Å². The van der Waals surface area contributed by atoms with Gasteiger partial charge in [-0.05, 0) is 19.8 Å². The Morgan fingerprint density at radius 2 is 1.85 bits per heavy atom. The molecule has 2 saturated heterocycles. The van der Waals surface area contributed by atoms with E-state index >= 15 is 0 Å². The summed E-state index contributed by atoms with van der Waals surface area (Å²) in [6, 6.07) is -1.02. The Kier molecular flexibility index (Phi) is 4.42. The average molecular weight is 301 g/mol. The topological polar surface area (TPSA) is 104 Å². The maximum atomic E-state index is 12.5. The smallest absolute Gasteiger partial charge is 0.327 e. The first-order valence-corrected chi connectivity index (χ1v) is 7.67. The van der Waals surface area contributed by atoms with Crippen molar-refractivity contribution in [1.82, 2.24) is 9.80 Å². The molecule has 8 heteroatoms. The van der Waals surface area contributed by atoms with Crippen molar-refractivity contribution in [2.45, 2.75) is 31.2 Å². The summed E-state index contributed by atoms with van der Waals surface area (Å²) < 4.78 is 0. The number of likely N-dealkylation sites (tertiary alicyclic amines) is 1. The van der Waals surface area contributed by atoms with Crippen molar-refractivity contribution in [2.24, 2.45) is 11.7 Å². The Morgan fingerprint density at radius 1 is 1.25 bits per heavy atom. The number of thioether (sulfide) groups is 1. The van der Waals surface area contributed by atoms with Crippen LogP contribution in [0.5, 0.6) is 0 Å². The summed E-state index contributed by atoms with van der Waals surface area (Å²) >= 11 is 1.46. The van der Waals surface area contributed by atoms with Gasteiger partial charge in [-0.1, -0.05) is 0 Å². The number of aliphatic carboxylic acids is 1. The van der Waals surface area contributed by atoms with Crippen LogP contribution in [-0.2, 0) is 9.59 Å². The third-order valence-electron chi connectivity index (χ3n) is 3.90. The summed E-state index contributed by atoms with van der Waals surface area (Å²) in [5.74, 6) is -1.06. The minimum atomic E-state index is -0.970. The van der Waals surface area contributed by atoms with E-state index in [0.29, 0.717) is 31.7 Å². The number of carbonyl (C=O) groups is 3. The number of nitrogens with two attached hydrogens (primary N) is 1. The quantitative estimate of drug-likeness (QED) is 0.755. The van der Waals surface area contributed by atoms with Crippen molar-refractivity contribution in [2.75, 3.05) is 18.8 Å². The lowest BCUT2D eigenvalue weighted by atomic mass is 9.96. The van der Waals surface area contributed by atoms with Gasteiger partial charge in [-0.3, -0.25) is 9.69 Å². The van der Waals surface area contributed by atoms with Gasteiger partial charge in [0.1, 0.15) is 6.04 Å². The van der Waals surface area contributed by atoms with Crippen LogP contribution < -0.4 is 5.73 Å². The molecule has 20 heavy (non-hydrogen) atoms. The minimum Gasteiger partial charge on any atom is -0.480 e. The minimum absolute atomic E-state index is 0.141. The van der Waals surface area contributed by atoms with Crippen molar-refractivity contribution in [1.29, 1.82) is 0 Å². The zero-order chi connectivity index (χ0) is 14.9. The molecular formula is C12H19N3O4S. The lowest BCUT2D eigenvalue weighted by Gasteiger charge is -2.36. The third kappa shape index (κ3) is 2.84. The van der Waals surface area contributed by atoms with Crippen LogP contribution in [0.15, 0.2) is 0 Å². The lowest BCUT2D eigenvalue weighted by Crippen LogP contribution is -2.53. The van der Waals surface area contributed by atoms with Gasteiger partial charge in [0.15, 0.2) is 0 Å². The molecule has 2 unspecified atom stereocenters. The second-order valence-corrected chi connectivity index (χ2v) is 6.49. The van der Waals surface area contributed by atoms with Crippen LogP contribution in [0.1, 0.15) is 19.8 Å². The highest BCUT2D eigenvalue weighted by Crippen LogP contribution is 2.30. The highest BCUT2D eigenvalue weighted by atomic mass is 32.2. The number of amides is 3. The number of carboxylic acids is 1. The SMILES string of the molecule is CC1SCC(C(=O)O)N1C(=O)N1CCC(C(N)=O)CC1. The van der Waals surface area contributed by atoms with Crippen molar-refractivity contribution >= 4 is 29.7 Å². The Hall–Kier alpha value is -1.44. The fourth-order valence-corrected chi connectivity index (χ4v) is 3.80. The first kappa shape index (κ1) is 15.0. The molecule has 0 spiro atoms. The van der Waals surface area contributed by atoms with Crippen molar-refractivity contribution < 1.29 is 19.5 Å². The summed E-state index contributed by atoms with van der Waals surface area (Å²) in [5, 5.41) is 9.04. The molecule has 2 fully saturated rings. The number of rotatable bonds is 2. The molecule has 0 aromatic carbocycles. The molecule has 0 radical (unpaired) electrons. The highest BCUT2D eigenvalue weighted by Gasteiger charge is 2.42. The molecule has 2 aliphatic heterocycles. The second-order valence-electron chi connectivity index (χ2n) is 5.14. The predicted octanol–water partition coefficient (Wildman–Crippen LogP) is 0.152. The Morgan fingerprint density at radius 3 is 2.35 bits per heavy atom. The van der Waals surface area contributed by atoms with Crippen LogP contribution in [0.2, 0.25) is 0 Å². The zero-order valence-corrected chi connectivity index (χ0v) is 12.1. The number of nitrogens with zero attached hydrogens (tertiary/aromatic N) is 2. The first-order chi connectivity index (χ1) is 9.41. The molecule has 2 atom stereocenters. The Bertz CT molecular complexity index is 423. The van der Waals surface area contributed by atoms with Gasteiger partial charge >= 0.3 is 12.0 Å². The predicted molar refractivity (Wildman–Crippen MR) is 74.1 cm³/mol. The monoisotopic (exact) mass is 301 g/mol. The summed E-state index contributed by atoms with van der Waals surface area (Å²) in [6.07, 6.45) is 1.10. The van der Waals surface area contributed by atoms with Gasteiger partial charge in [0, 0.05) is 24.8 Å². The van der Waals surface area contributed by atoms with Gasteiger partial charge in [-0.25, -0.2) is 9.59 Å². The maximum absolute atomic E-state index is 12.5. The van der Waals surface area contributed by atoms with Gasteiger partial charge in [-0.2, -0.15) is 0 Å². The standard InChI is InChI=1S/C12H19N3O4S/c1-7-15(9(6-20-7)11(17)18)12(19)14-4-2-8(3-5-14)10(13)16/h7-9H,2-6H2,1H3,(H2,13,16)(H,17,18). The van der Waals surface area contributed by atoms with Gasteiger partial charge in [0.05, 0.1) is 5.37 Å². The molecule has 112 valence electrons. The molecule has 7 nitrogen and oxygen atoms in total. The van der Waals surface area contributed by atoms with E-state index in [4.69, 9.17) is 5.73 Å². The normalized spacial score (nSPS) is 27.6. The Balaban J connectivity index is 2.01. The molecule has 0 aromatic rings. The molecule has 0 saturated carbocycles. The van der Waals surface area contributed by atoms with E-state index in [1.54, 1.807) is 4.90 Å². The molecule has 0 aliphatic carbocycles. The van der Waals surface area contributed by atoms with Crippen LogP contribution in [0, 0.1) is 5.92 Å². The summed E-state index contributed by atoms with van der Waals surface area (Å²) in [6.45, 7) is 2.74. The summed E-state index contributed by atoms with van der Waals surface area (Å²) in [7, 11) is 0. The molecule has 2 rings (SSSR count). The molecule has 2 heterocycles. The zero-order valence-electron chi connectivity index (χ0n) is 11.3. The highest BCUT2D eigenvalue weighted by molar-refractivity contribution is 8.00. The van der Waals surface area contributed by atoms with E-state index < -0.39 is 12.0 Å². The first-order valence-electron chi connectivity index (χ1n) is 6.62. The maximum Gasteiger partial charge on any atom is 0.327 e. The number of urea groups is 1. The number of carbonyl (C=O) groups excluding carboxylic acids is 2. The number of primary amides is 1. The van der Waals surface area contributed by atoms with Crippen molar-refractivity contribution in [3.8, 4) is 0 Å². The molecule has 0 bridgehead atoms. The summed E-state index contributed by atoms with van der Waals surface area (Å²) in [5.41, 5.74) is 5.26. The summed E-state index contributed by atoms with van der Waals surface area (Å²) in [4.78, 5) is 37.8. The average Bonchev–Trinajstić information content (AvgIpc) is 2.80. The van der Waals surface area contributed by atoms with E-state index in [1.807, 2.05) is 6.92 Å². The van der Waals surface area contributed by atoms with Crippen LogP contribution in [0.3, 0.4) is 0 Å². The van der Waals surface area contributed by atoms with Crippen LogP contribution in [0.4, 0.5) is 4.79 Å². The van der Waals surface area contributed by atoms with Crippen LogP contribution in [0.25, 0.3) is 0 Å². The van der Waals surface area contributed by atoms with Gasteiger partial charge in [0.25, 0.3) is 0 Å². The van der Waals surface area contributed by atoms with E-state index in [2.05, 4.69) is 0 Å². The number of piperidine rings is 1. The number of carboxylic acid groups (broad SMARTS) is 1. The molecule has 0 aromatic heterocycles. The van der Waals surface area contributed by atoms with Crippen LogP contribution in [-0.4, -0.2) is 63.1 Å². The van der Waals surface area contributed by atoms with Crippen LogP contribution >= 0.6 is 11.8 Å². The fourth-order valence-electron chi connectivity index (χ4n) is 2.64.